The zero-order chi connectivity index (χ0) is 12.5. The van der Waals surface area contributed by atoms with E-state index in [0.717, 1.165) is 17.7 Å². The summed E-state index contributed by atoms with van der Waals surface area (Å²) in [7, 11) is 0. The lowest BCUT2D eigenvalue weighted by Crippen LogP contribution is -2.34. The molecule has 1 aromatic heterocycles. The SMILES string of the molecule is Cc1nc(N2CCCC2C2CCCC2)sc1CN. The van der Waals surface area contributed by atoms with Crippen LogP contribution in [-0.4, -0.2) is 17.6 Å². The van der Waals surface area contributed by atoms with Crippen LogP contribution in [0.15, 0.2) is 0 Å². The van der Waals surface area contributed by atoms with Crippen LogP contribution in [0.2, 0.25) is 0 Å². The van der Waals surface area contributed by atoms with Gasteiger partial charge in [-0.05, 0) is 38.5 Å². The Morgan fingerprint density at radius 3 is 2.72 bits per heavy atom. The number of anilines is 1. The Morgan fingerprint density at radius 2 is 2.06 bits per heavy atom. The van der Waals surface area contributed by atoms with Gasteiger partial charge in [0.25, 0.3) is 0 Å². The molecule has 18 heavy (non-hydrogen) atoms. The van der Waals surface area contributed by atoms with Gasteiger partial charge in [-0.25, -0.2) is 4.98 Å². The van der Waals surface area contributed by atoms with Crippen LogP contribution in [0.1, 0.15) is 49.1 Å². The van der Waals surface area contributed by atoms with E-state index in [4.69, 9.17) is 10.7 Å². The maximum Gasteiger partial charge on any atom is 0.186 e. The molecule has 1 unspecified atom stereocenters. The molecule has 1 atom stereocenters. The highest BCUT2D eigenvalue weighted by atomic mass is 32.1. The summed E-state index contributed by atoms with van der Waals surface area (Å²) in [6, 6.07) is 0.753. The van der Waals surface area contributed by atoms with E-state index in [-0.39, 0.29) is 0 Å². The van der Waals surface area contributed by atoms with E-state index in [0.29, 0.717) is 6.54 Å². The molecule has 100 valence electrons. The first kappa shape index (κ1) is 12.4. The van der Waals surface area contributed by atoms with Gasteiger partial charge in [0, 0.05) is 24.0 Å². The molecule has 2 heterocycles. The molecule has 2 aliphatic rings. The van der Waals surface area contributed by atoms with Gasteiger partial charge in [-0.1, -0.05) is 12.8 Å². The van der Waals surface area contributed by atoms with Crippen LogP contribution in [0, 0.1) is 12.8 Å². The molecular weight excluding hydrogens is 242 g/mol. The molecule has 2 N–H and O–H groups in total. The fraction of sp³-hybridized carbons (Fsp3) is 0.786. The number of aryl methyl sites for hydroxylation is 1. The number of thiazole rings is 1. The zero-order valence-corrected chi connectivity index (χ0v) is 12.0. The van der Waals surface area contributed by atoms with Crippen molar-refractivity contribution >= 4 is 16.5 Å². The number of nitrogens with two attached hydrogens (primary N) is 1. The number of rotatable bonds is 3. The predicted molar refractivity (Wildman–Crippen MR) is 77.1 cm³/mol. The van der Waals surface area contributed by atoms with Crippen molar-refractivity contribution in [1.29, 1.82) is 0 Å². The minimum atomic E-state index is 0.630. The minimum Gasteiger partial charge on any atom is -0.345 e. The first-order valence-electron chi connectivity index (χ1n) is 7.22. The van der Waals surface area contributed by atoms with Crippen LogP contribution in [0.3, 0.4) is 0 Å². The van der Waals surface area contributed by atoms with Gasteiger partial charge in [0.05, 0.1) is 5.69 Å². The molecule has 1 saturated heterocycles. The van der Waals surface area contributed by atoms with Crippen LogP contribution in [0.5, 0.6) is 0 Å². The van der Waals surface area contributed by atoms with Crippen LogP contribution >= 0.6 is 11.3 Å². The number of nitrogens with zero attached hydrogens (tertiary/aromatic N) is 2. The minimum absolute atomic E-state index is 0.630. The standard InChI is InChI=1S/C14H23N3S/c1-10-13(9-15)18-14(16-10)17-8-4-7-12(17)11-5-2-3-6-11/h11-12H,2-9,15H2,1H3. The first-order chi connectivity index (χ1) is 8.79. The summed E-state index contributed by atoms with van der Waals surface area (Å²) in [5, 5.41) is 1.22. The Hall–Kier alpha value is -0.610. The normalized spacial score (nSPS) is 25.2. The second-order valence-corrected chi connectivity index (χ2v) is 6.72. The average molecular weight is 265 g/mol. The number of hydrogen-bond donors (Lipinski definition) is 1. The summed E-state index contributed by atoms with van der Waals surface area (Å²) in [4.78, 5) is 8.58. The highest BCUT2D eigenvalue weighted by Crippen LogP contribution is 2.39. The average Bonchev–Trinajstić information content (AvgIpc) is 3.08. The summed E-state index contributed by atoms with van der Waals surface area (Å²) in [5.74, 6) is 0.915. The van der Waals surface area contributed by atoms with Crippen molar-refractivity contribution in [3.63, 3.8) is 0 Å². The van der Waals surface area contributed by atoms with Gasteiger partial charge in [0.15, 0.2) is 5.13 Å². The van der Waals surface area contributed by atoms with E-state index in [9.17, 15) is 0 Å². The smallest absolute Gasteiger partial charge is 0.186 e. The van der Waals surface area contributed by atoms with E-state index in [1.54, 1.807) is 0 Å². The van der Waals surface area contributed by atoms with Gasteiger partial charge >= 0.3 is 0 Å². The Bertz CT molecular complexity index is 409. The van der Waals surface area contributed by atoms with E-state index in [1.807, 2.05) is 11.3 Å². The Kier molecular flexibility index (Phi) is 3.57. The molecule has 1 aliphatic carbocycles. The lowest BCUT2D eigenvalue weighted by atomic mass is 9.96. The van der Waals surface area contributed by atoms with E-state index >= 15 is 0 Å². The third-order valence-corrected chi connectivity index (χ3v) is 5.77. The van der Waals surface area contributed by atoms with Crippen molar-refractivity contribution in [2.45, 2.75) is 58.0 Å². The van der Waals surface area contributed by atoms with Crippen LogP contribution < -0.4 is 10.6 Å². The largest absolute Gasteiger partial charge is 0.345 e. The van der Waals surface area contributed by atoms with Gasteiger partial charge in [0.2, 0.25) is 0 Å². The molecule has 0 radical (unpaired) electrons. The quantitative estimate of drug-likeness (QED) is 0.913. The number of aromatic nitrogens is 1. The van der Waals surface area contributed by atoms with Gasteiger partial charge < -0.3 is 10.6 Å². The fourth-order valence-corrected chi connectivity index (χ4v) is 4.61. The Morgan fingerprint density at radius 1 is 1.28 bits per heavy atom. The lowest BCUT2D eigenvalue weighted by molar-refractivity contribution is 0.430. The zero-order valence-electron chi connectivity index (χ0n) is 11.2. The fourth-order valence-electron chi connectivity index (χ4n) is 3.59. The van der Waals surface area contributed by atoms with Crippen molar-refractivity contribution in [2.75, 3.05) is 11.4 Å². The molecule has 2 fully saturated rings. The summed E-state index contributed by atoms with van der Waals surface area (Å²) in [6.45, 7) is 3.91. The first-order valence-corrected chi connectivity index (χ1v) is 8.04. The third kappa shape index (κ3) is 2.16. The molecule has 3 nitrogen and oxygen atoms in total. The van der Waals surface area contributed by atoms with Gasteiger partial charge in [-0.15, -0.1) is 11.3 Å². The maximum absolute atomic E-state index is 5.77. The van der Waals surface area contributed by atoms with Crippen molar-refractivity contribution in [3.05, 3.63) is 10.6 Å². The van der Waals surface area contributed by atoms with Crippen LogP contribution in [0.25, 0.3) is 0 Å². The lowest BCUT2D eigenvalue weighted by Gasteiger charge is -2.29. The van der Waals surface area contributed by atoms with Crippen LogP contribution in [0.4, 0.5) is 5.13 Å². The monoisotopic (exact) mass is 265 g/mol. The second kappa shape index (κ2) is 5.17. The van der Waals surface area contributed by atoms with E-state index in [1.165, 1.54) is 55.1 Å². The highest BCUT2D eigenvalue weighted by Gasteiger charge is 2.34. The molecule has 0 aromatic carbocycles. The molecule has 4 heteroatoms. The van der Waals surface area contributed by atoms with Gasteiger partial charge in [-0.2, -0.15) is 0 Å². The van der Waals surface area contributed by atoms with Gasteiger partial charge in [-0.3, -0.25) is 0 Å². The predicted octanol–water partition coefficient (Wildman–Crippen LogP) is 3.07. The van der Waals surface area contributed by atoms with Crippen molar-refractivity contribution in [3.8, 4) is 0 Å². The molecular formula is C14H23N3S. The topological polar surface area (TPSA) is 42.2 Å². The summed E-state index contributed by atoms with van der Waals surface area (Å²) in [5.41, 5.74) is 6.91. The van der Waals surface area contributed by atoms with Crippen molar-refractivity contribution in [1.82, 2.24) is 4.98 Å². The molecule has 1 saturated carbocycles. The summed E-state index contributed by atoms with van der Waals surface area (Å²) in [6.07, 6.45) is 8.41. The van der Waals surface area contributed by atoms with Crippen molar-refractivity contribution in [2.24, 2.45) is 11.7 Å². The summed E-state index contributed by atoms with van der Waals surface area (Å²) >= 11 is 1.81. The molecule has 0 amide bonds. The van der Waals surface area contributed by atoms with Crippen LogP contribution in [-0.2, 0) is 6.54 Å². The number of hydrogen-bond acceptors (Lipinski definition) is 4. The Labute approximate surface area is 113 Å². The third-order valence-electron chi connectivity index (χ3n) is 4.56. The maximum atomic E-state index is 5.77. The van der Waals surface area contributed by atoms with Gasteiger partial charge in [0.1, 0.15) is 0 Å². The molecule has 0 bridgehead atoms. The van der Waals surface area contributed by atoms with Crippen molar-refractivity contribution < 1.29 is 0 Å². The molecule has 3 rings (SSSR count). The molecule has 1 aromatic rings. The second-order valence-electron chi connectivity index (χ2n) is 5.66. The Balaban J connectivity index is 1.80. The van der Waals surface area contributed by atoms with E-state index < -0.39 is 0 Å². The summed E-state index contributed by atoms with van der Waals surface area (Å²) < 4.78 is 0. The molecule has 1 aliphatic heterocycles. The van der Waals surface area contributed by atoms with E-state index in [2.05, 4.69) is 11.8 Å². The molecule has 0 spiro atoms. The highest BCUT2D eigenvalue weighted by molar-refractivity contribution is 7.15.